The van der Waals surface area contributed by atoms with Gasteiger partial charge in [-0.3, -0.25) is 9.36 Å². The highest BCUT2D eigenvalue weighted by Gasteiger charge is 2.30. The Bertz CT molecular complexity index is 954. The molecule has 1 atom stereocenters. The fraction of sp³-hybridized carbons (Fsp3) is 0.273. The molecule has 6 heteroatoms. The number of hydrogen-bond acceptors (Lipinski definition) is 4. The molecule has 28 heavy (non-hydrogen) atoms. The fourth-order valence-electron chi connectivity index (χ4n) is 3.71. The lowest BCUT2D eigenvalue weighted by molar-refractivity contribution is 0.0782. The summed E-state index contributed by atoms with van der Waals surface area (Å²) in [5.41, 5.74) is 2.82. The summed E-state index contributed by atoms with van der Waals surface area (Å²) in [6, 6.07) is 18.1. The third-order valence-electron chi connectivity index (χ3n) is 5.21. The Morgan fingerprint density at radius 3 is 2.57 bits per heavy atom. The van der Waals surface area contributed by atoms with Crippen LogP contribution in [0, 0.1) is 0 Å². The van der Waals surface area contributed by atoms with Crippen molar-refractivity contribution in [1.82, 2.24) is 14.5 Å². The maximum absolute atomic E-state index is 13.3. The monoisotopic (exact) mass is 393 g/mol. The van der Waals surface area contributed by atoms with Gasteiger partial charge in [-0.25, -0.2) is 4.98 Å². The van der Waals surface area contributed by atoms with Crippen molar-refractivity contribution >= 4 is 17.7 Å². The number of aromatic nitrogens is 2. The average Bonchev–Trinajstić information content (AvgIpc) is 3.41. The SMILES string of the molecule is COc1ccc(C2CCN(C(=O)c3cnc(SC)n3-c3ccccc3)C2)cc1. The van der Waals surface area contributed by atoms with E-state index in [1.807, 2.05) is 58.2 Å². The van der Waals surface area contributed by atoms with Crippen LogP contribution in [0.15, 0.2) is 66.0 Å². The number of rotatable bonds is 5. The van der Waals surface area contributed by atoms with E-state index in [9.17, 15) is 4.79 Å². The average molecular weight is 394 g/mol. The van der Waals surface area contributed by atoms with Crippen molar-refractivity contribution in [2.45, 2.75) is 17.5 Å². The third-order valence-corrected chi connectivity index (χ3v) is 5.86. The molecule has 1 unspecified atom stereocenters. The number of carbonyl (C=O) groups excluding carboxylic acids is 1. The normalized spacial score (nSPS) is 16.4. The number of likely N-dealkylation sites (tertiary alicyclic amines) is 1. The molecule has 2 aromatic carbocycles. The number of amides is 1. The third kappa shape index (κ3) is 3.52. The number of thioether (sulfide) groups is 1. The van der Waals surface area contributed by atoms with Gasteiger partial charge in [-0.05, 0) is 42.5 Å². The molecule has 0 aliphatic carbocycles. The Morgan fingerprint density at radius 2 is 1.89 bits per heavy atom. The molecule has 0 N–H and O–H groups in total. The first kappa shape index (κ1) is 18.6. The van der Waals surface area contributed by atoms with Crippen LogP contribution in [0.1, 0.15) is 28.4 Å². The van der Waals surface area contributed by atoms with Crippen LogP contribution in [-0.4, -0.2) is 46.8 Å². The van der Waals surface area contributed by atoms with E-state index in [1.165, 1.54) is 5.56 Å². The van der Waals surface area contributed by atoms with Crippen LogP contribution >= 0.6 is 11.8 Å². The summed E-state index contributed by atoms with van der Waals surface area (Å²) < 4.78 is 7.19. The van der Waals surface area contributed by atoms with Gasteiger partial charge in [-0.1, -0.05) is 42.1 Å². The number of nitrogens with zero attached hydrogens (tertiary/aromatic N) is 3. The molecule has 0 saturated carbocycles. The highest BCUT2D eigenvalue weighted by molar-refractivity contribution is 7.98. The molecule has 0 radical (unpaired) electrons. The number of carbonyl (C=O) groups is 1. The highest BCUT2D eigenvalue weighted by atomic mass is 32.2. The molecule has 144 valence electrons. The van der Waals surface area contributed by atoms with Gasteiger partial charge in [0.1, 0.15) is 11.4 Å². The van der Waals surface area contributed by atoms with Gasteiger partial charge in [0.05, 0.1) is 13.3 Å². The van der Waals surface area contributed by atoms with Gasteiger partial charge < -0.3 is 9.64 Å². The topological polar surface area (TPSA) is 47.4 Å². The van der Waals surface area contributed by atoms with Crippen LogP contribution in [0.5, 0.6) is 5.75 Å². The summed E-state index contributed by atoms with van der Waals surface area (Å²) in [6.07, 6.45) is 4.64. The minimum atomic E-state index is 0.0349. The number of methoxy groups -OCH3 is 1. The molecule has 5 nitrogen and oxygen atoms in total. The molecule has 1 aliphatic rings. The zero-order valence-corrected chi connectivity index (χ0v) is 16.9. The fourth-order valence-corrected chi connectivity index (χ4v) is 4.26. The summed E-state index contributed by atoms with van der Waals surface area (Å²) >= 11 is 1.54. The van der Waals surface area contributed by atoms with E-state index in [0.29, 0.717) is 11.6 Å². The van der Waals surface area contributed by atoms with E-state index in [-0.39, 0.29) is 5.91 Å². The van der Waals surface area contributed by atoms with Crippen LogP contribution in [0.2, 0.25) is 0 Å². The van der Waals surface area contributed by atoms with Gasteiger partial charge in [0.2, 0.25) is 0 Å². The van der Waals surface area contributed by atoms with Crippen LogP contribution in [0.3, 0.4) is 0 Å². The second-order valence-corrected chi connectivity index (χ2v) is 7.58. The van der Waals surface area contributed by atoms with Gasteiger partial charge in [0.25, 0.3) is 5.91 Å². The molecular formula is C22H23N3O2S. The zero-order valence-electron chi connectivity index (χ0n) is 16.0. The van der Waals surface area contributed by atoms with Crippen molar-refractivity contribution in [2.24, 2.45) is 0 Å². The van der Waals surface area contributed by atoms with Crippen LogP contribution in [-0.2, 0) is 0 Å². The molecule has 2 heterocycles. The van der Waals surface area contributed by atoms with Gasteiger partial charge in [0.15, 0.2) is 5.16 Å². The summed E-state index contributed by atoms with van der Waals surface area (Å²) in [7, 11) is 1.67. The van der Waals surface area contributed by atoms with E-state index < -0.39 is 0 Å². The van der Waals surface area contributed by atoms with E-state index in [1.54, 1.807) is 25.1 Å². The number of para-hydroxylation sites is 1. The van der Waals surface area contributed by atoms with Crippen LogP contribution in [0.25, 0.3) is 5.69 Å². The maximum Gasteiger partial charge on any atom is 0.272 e. The first-order chi connectivity index (χ1) is 13.7. The van der Waals surface area contributed by atoms with E-state index in [4.69, 9.17) is 4.74 Å². The van der Waals surface area contributed by atoms with E-state index >= 15 is 0 Å². The molecule has 1 fully saturated rings. The van der Waals surface area contributed by atoms with Gasteiger partial charge in [-0.2, -0.15) is 0 Å². The maximum atomic E-state index is 13.3. The first-order valence-electron chi connectivity index (χ1n) is 9.31. The molecule has 0 spiro atoms. The van der Waals surface area contributed by atoms with Gasteiger partial charge in [-0.15, -0.1) is 0 Å². The lowest BCUT2D eigenvalue weighted by atomic mass is 9.98. The van der Waals surface area contributed by atoms with Crippen LogP contribution < -0.4 is 4.74 Å². The number of ether oxygens (including phenoxy) is 1. The van der Waals surface area contributed by atoms with Gasteiger partial charge >= 0.3 is 0 Å². The molecule has 1 amide bonds. The summed E-state index contributed by atoms with van der Waals surface area (Å²) in [5.74, 6) is 1.24. The largest absolute Gasteiger partial charge is 0.497 e. The van der Waals surface area contributed by atoms with E-state index in [2.05, 4.69) is 17.1 Å². The first-order valence-corrected chi connectivity index (χ1v) is 10.5. The predicted octanol–water partition coefficient (Wildman–Crippen LogP) is 4.23. The second kappa shape index (κ2) is 8.10. The Morgan fingerprint density at radius 1 is 1.14 bits per heavy atom. The molecule has 1 aliphatic heterocycles. The number of benzene rings is 2. The molecule has 0 bridgehead atoms. The lowest BCUT2D eigenvalue weighted by Crippen LogP contribution is -2.30. The second-order valence-electron chi connectivity index (χ2n) is 6.81. The van der Waals surface area contributed by atoms with Crippen molar-refractivity contribution in [2.75, 3.05) is 26.5 Å². The van der Waals surface area contributed by atoms with Gasteiger partial charge in [0, 0.05) is 24.7 Å². The predicted molar refractivity (Wildman–Crippen MR) is 112 cm³/mol. The minimum absolute atomic E-state index is 0.0349. The molecule has 1 saturated heterocycles. The molecule has 4 rings (SSSR count). The Labute approximate surface area is 169 Å². The van der Waals surface area contributed by atoms with Crippen molar-refractivity contribution in [3.63, 3.8) is 0 Å². The van der Waals surface area contributed by atoms with Crippen LogP contribution in [0.4, 0.5) is 0 Å². The Kier molecular flexibility index (Phi) is 5.39. The van der Waals surface area contributed by atoms with E-state index in [0.717, 1.165) is 36.1 Å². The summed E-state index contributed by atoms with van der Waals surface area (Å²) in [5, 5.41) is 0.820. The lowest BCUT2D eigenvalue weighted by Gasteiger charge is -2.18. The van der Waals surface area contributed by atoms with Crippen molar-refractivity contribution < 1.29 is 9.53 Å². The zero-order chi connectivity index (χ0) is 19.5. The molecular weight excluding hydrogens is 370 g/mol. The number of imidazole rings is 1. The highest BCUT2D eigenvalue weighted by Crippen LogP contribution is 2.30. The smallest absolute Gasteiger partial charge is 0.272 e. The summed E-state index contributed by atoms with van der Waals surface area (Å²) in [4.78, 5) is 19.7. The minimum Gasteiger partial charge on any atom is -0.497 e. The Balaban J connectivity index is 1.56. The molecule has 1 aromatic heterocycles. The van der Waals surface area contributed by atoms with Crippen molar-refractivity contribution in [1.29, 1.82) is 0 Å². The van der Waals surface area contributed by atoms with Crippen molar-refractivity contribution in [3.8, 4) is 11.4 Å². The number of hydrogen-bond donors (Lipinski definition) is 0. The quantitative estimate of drug-likeness (QED) is 0.609. The van der Waals surface area contributed by atoms with Crippen molar-refractivity contribution in [3.05, 3.63) is 72.1 Å². The molecule has 3 aromatic rings. The standard InChI is InChI=1S/C22H23N3O2S/c1-27-19-10-8-16(9-11-19)17-12-13-24(15-17)21(26)20-14-23-22(28-2)25(20)18-6-4-3-5-7-18/h3-11,14,17H,12-13,15H2,1-2H3. The summed E-state index contributed by atoms with van der Waals surface area (Å²) in [6.45, 7) is 1.48. The Hall–Kier alpha value is -2.73.